The lowest BCUT2D eigenvalue weighted by molar-refractivity contribution is -0.177. The molecule has 8 nitrogen and oxygen atoms in total. The van der Waals surface area contributed by atoms with Crippen molar-refractivity contribution in [2.45, 2.75) is 58.3 Å². The lowest BCUT2D eigenvalue weighted by atomic mass is 9.74. The summed E-state index contributed by atoms with van der Waals surface area (Å²) in [6.07, 6.45) is 0.231. The van der Waals surface area contributed by atoms with E-state index in [-0.39, 0.29) is 24.2 Å². The van der Waals surface area contributed by atoms with Gasteiger partial charge in [0.15, 0.2) is 5.78 Å². The number of carbonyl (C=O) groups is 4. The van der Waals surface area contributed by atoms with E-state index in [4.69, 9.17) is 21.1 Å². The molecule has 0 heterocycles. The first-order valence-corrected chi connectivity index (χ1v) is 10.6. The van der Waals surface area contributed by atoms with Gasteiger partial charge in [-0.15, -0.1) is 0 Å². The molecule has 1 aliphatic carbocycles. The van der Waals surface area contributed by atoms with Crippen molar-refractivity contribution in [2.24, 2.45) is 5.92 Å². The van der Waals surface area contributed by atoms with Gasteiger partial charge in [0.2, 0.25) is 5.91 Å². The quantitative estimate of drug-likeness (QED) is 0.502. The Bertz CT molecular complexity index is 843. The Kier molecular flexibility index (Phi) is 8.44. The molecule has 1 unspecified atom stereocenters. The summed E-state index contributed by atoms with van der Waals surface area (Å²) >= 11 is 6.41. The predicted octanol–water partition coefficient (Wildman–Crippen LogP) is 3.41. The monoisotopic (exact) mass is 452 g/mol. The van der Waals surface area contributed by atoms with Crippen molar-refractivity contribution in [3.63, 3.8) is 0 Å². The van der Waals surface area contributed by atoms with Crippen molar-refractivity contribution in [3.05, 3.63) is 34.9 Å². The first-order chi connectivity index (χ1) is 14.6. The van der Waals surface area contributed by atoms with Crippen molar-refractivity contribution >= 4 is 35.4 Å². The molecule has 1 aliphatic rings. The topological polar surface area (TPSA) is 102 Å². The summed E-state index contributed by atoms with van der Waals surface area (Å²) in [6, 6.07) is 6.95. The number of hydrogen-bond donors (Lipinski definition) is 1. The van der Waals surface area contributed by atoms with Gasteiger partial charge >= 0.3 is 12.1 Å². The minimum Gasteiger partial charge on any atom is -0.423 e. The molecule has 1 aromatic rings. The van der Waals surface area contributed by atoms with Crippen molar-refractivity contribution in [3.8, 4) is 0 Å². The summed E-state index contributed by atoms with van der Waals surface area (Å²) < 4.78 is 10.7. The summed E-state index contributed by atoms with van der Waals surface area (Å²) in [7, 11) is 1.49. The van der Waals surface area contributed by atoms with E-state index in [0.29, 0.717) is 23.4 Å². The highest BCUT2D eigenvalue weighted by molar-refractivity contribution is 6.31. The molecule has 1 saturated carbocycles. The van der Waals surface area contributed by atoms with Crippen molar-refractivity contribution in [1.82, 2.24) is 10.2 Å². The second kappa shape index (κ2) is 10.6. The molecule has 0 aromatic heterocycles. The highest BCUT2D eigenvalue weighted by Crippen LogP contribution is 2.42. The van der Waals surface area contributed by atoms with E-state index in [9.17, 15) is 19.2 Å². The maximum absolute atomic E-state index is 13.1. The van der Waals surface area contributed by atoms with Gasteiger partial charge in [0.25, 0.3) is 6.29 Å². The van der Waals surface area contributed by atoms with Crippen LogP contribution in [0.1, 0.15) is 52.0 Å². The number of halogens is 1. The van der Waals surface area contributed by atoms with Gasteiger partial charge in [-0.2, -0.15) is 0 Å². The number of nitrogens with zero attached hydrogens (tertiary/aromatic N) is 1. The van der Waals surface area contributed by atoms with Crippen LogP contribution in [0.25, 0.3) is 0 Å². The molecular formula is C22H29ClN2O6. The molecule has 31 heavy (non-hydrogen) atoms. The Balaban J connectivity index is 2.26. The van der Waals surface area contributed by atoms with Gasteiger partial charge in [-0.1, -0.05) is 43.6 Å². The lowest BCUT2D eigenvalue weighted by Gasteiger charge is -2.43. The Labute approximate surface area is 187 Å². The van der Waals surface area contributed by atoms with E-state index in [1.165, 1.54) is 18.9 Å². The largest absolute Gasteiger partial charge is 0.423 e. The third-order valence-corrected chi connectivity index (χ3v) is 5.64. The van der Waals surface area contributed by atoms with E-state index in [1.807, 2.05) is 0 Å². The molecule has 170 valence electrons. The maximum atomic E-state index is 13.1. The van der Waals surface area contributed by atoms with Crippen LogP contribution >= 0.6 is 11.6 Å². The average molecular weight is 453 g/mol. The summed E-state index contributed by atoms with van der Waals surface area (Å²) in [4.78, 5) is 50.4. The molecule has 1 aromatic carbocycles. The Hall–Kier alpha value is -2.61. The number of carbonyl (C=O) groups excluding carboxylic acids is 4. The van der Waals surface area contributed by atoms with Gasteiger partial charge in [-0.3, -0.25) is 19.3 Å². The van der Waals surface area contributed by atoms with Gasteiger partial charge in [0.05, 0.1) is 0 Å². The first kappa shape index (κ1) is 24.7. The Morgan fingerprint density at radius 2 is 1.87 bits per heavy atom. The fourth-order valence-electron chi connectivity index (χ4n) is 3.63. The van der Waals surface area contributed by atoms with Crippen molar-refractivity contribution in [1.29, 1.82) is 0 Å². The summed E-state index contributed by atoms with van der Waals surface area (Å²) in [5.41, 5.74) is -0.709. The third-order valence-electron chi connectivity index (χ3n) is 5.31. The van der Waals surface area contributed by atoms with Crippen LogP contribution in [-0.2, 0) is 29.4 Å². The van der Waals surface area contributed by atoms with E-state index in [1.54, 1.807) is 38.1 Å². The predicted molar refractivity (Wildman–Crippen MR) is 114 cm³/mol. The van der Waals surface area contributed by atoms with Crippen LogP contribution in [0.4, 0.5) is 4.79 Å². The molecule has 2 rings (SSSR count). The fourth-order valence-corrected chi connectivity index (χ4v) is 3.92. The van der Waals surface area contributed by atoms with Crippen LogP contribution in [-0.4, -0.2) is 48.5 Å². The number of amides is 2. The van der Waals surface area contributed by atoms with E-state index >= 15 is 0 Å². The van der Waals surface area contributed by atoms with E-state index < -0.39 is 23.9 Å². The minimum absolute atomic E-state index is 0.116. The minimum atomic E-state index is -1.25. The highest BCUT2D eigenvalue weighted by atomic mass is 35.5. The van der Waals surface area contributed by atoms with Gasteiger partial charge in [-0.25, -0.2) is 4.79 Å². The molecule has 2 amide bonds. The molecule has 0 spiro atoms. The first-order valence-electron chi connectivity index (χ1n) is 10.3. The number of hydrogen-bond acceptors (Lipinski definition) is 6. The fraction of sp³-hybridized carbons (Fsp3) is 0.545. The van der Waals surface area contributed by atoms with Crippen LogP contribution in [0.15, 0.2) is 24.3 Å². The second-order valence-electron chi connectivity index (χ2n) is 7.93. The molecule has 2 atom stereocenters. The number of benzene rings is 1. The third kappa shape index (κ3) is 5.76. The van der Waals surface area contributed by atoms with Crippen molar-refractivity contribution in [2.75, 3.05) is 13.6 Å². The number of rotatable bonds is 7. The number of Topliss-reactive ketones (excluding diaryl/α,β-unsaturated/α-hetero) is 1. The highest BCUT2D eigenvalue weighted by Gasteiger charge is 2.49. The second-order valence-corrected chi connectivity index (χ2v) is 8.33. The number of likely N-dealkylation sites (N-methyl/N-ethyl adjacent to an activating group) is 1. The zero-order valence-electron chi connectivity index (χ0n) is 18.3. The molecule has 9 heteroatoms. The van der Waals surface area contributed by atoms with Crippen LogP contribution < -0.4 is 5.32 Å². The standard InChI is InChI=1S/C22H29ClN2O6/c1-14(2)20(30-19(28)13-24-15(3)26)31-21(29)25(4)22(12-8-7-11-18(22)27)16-9-5-6-10-17(16)23/h5-6,9-10,14,20H,7-8,11-13H2,1-4H3,(H,24,26)/t20?,22-/m0/s1. The zero-order valence-corrected chi connectivity index (χ0v) is 19.0. The summed E-state index contributed by atoms with van der Waals surface area (Å²) in [6.45, 7) is 4.38. The Morgan fingerprint density at radius 3 is 2.45 bits per heavy atom. The van der Waals surface area contributed by atoms with Crippen LogP contribution in [0.5, 0.6) is 0 Å². The average Bonchev–Trinajstić information content (AvgIpc) is 2.72. The smallest absolute Gasteiger partial charge is 0.413 e. The zero-order chi connectivity index (χ0) is 23.2. The maximum Gasteiger partial charge on any atom is 0.413 e. The number of ether oxygens (including phenoxy) is 2. The van der Waals surface area contributed by atoms with Crippen LogP contribution in [0.2, 0.25) is 5.02 Å². The van der Waals surface area contributed by atoms with Crippen LogP contribution in [0, 0.1) is 5.92 Å². The van der Waals surface area contributed by atoms with E-state index in [0.717, 1.165) is 12.8 Å². The number of esters is 1. The van der Waals surface area contributed by atoms with E-state index in [2.05, 4.69) is 5.32 Å². The molecule has 0 bridgehead atoms. The van der Waals surface area contributed by atoms with Gasteiger partial charge in [-0.05, 0) is 25.3 Å². The van der Waals surface area contributed by atoms with Gasteiger partial charge in [0, 0.05) is 36.9 Å². The normalized spacial score (nSPS) is 19.5. The lowest BCUT2D eigenvalue weighted by Crippen LogP contribution is -2.55. The SMILES string of the molecule is CC(=O)NCC(=O)OC(OC(=O)N(C)[C@]1(c2ccccc2Cl)CCCCC1=O)C(C)C. The summed E-state index contributed by atoms with van der Waals surface area (Å²) in [5, 5.41) is 2.72. The molecule has 0 radical (unpaired) electrons. The van der Waals surface area contributed by atoms with Crippen molar-refractivity contribution < 1.29 is 28.7 Å². The van der Waals surface area contributed by atoms with Gasteiger partial charge < -0.3 is 14.8 Å². The molecule has 0 aliphatic heterocycles. The Morgan fingerprint density at radius 1 is 1.19 bits per heavy atom. The molecular weight excluding hydrogens is 424 g/mol. The van der Waals surface area contributed by atoms with Crippen LogP contribution in [0.3, 0.4) is 0 Å². The molecule has 0 saturated heterocycles. The summed E-state index contributed by atoms with van der Waals surface area (Å²) in [5.74, 6) is -1.59. The molecule has 1 N–H and O–H groups in total. The number of nitrogens with one attached hydrogen (secondary N) is 1. The number of ketones is 1. The molecule has 1 fully saturated rings. The van der Waals surface area contributed by atoms with Gasteiger partial charge in [0.1, 0.15) is 12.1 Å².